The second-order valence-corrected chi connectivity index (χ2v) is 5.97. The Morgan fingerprint density at radius 1 is 1.12 bits per heavy atom. The second-order valence-electron chi connectivity index (χ2n) is 5.59. The average molecular weight is 352 g/mol. The summed E-state index contributed by atoms with van der Waals surface area (Å²) in [7, 11) is 1.56. The maximum atomic E-state index is 11.9. The zero-order valence-electron chi connectivity index (χ0n) is 13.3. The summed E-state index contributed by atoms with van der Waals surface area (Å²) in [4.78, 5) is 15.9. The molecular weight excluding hydrogens is 338 g/mol. The summed E-state index contributed by atoms with van der Waals surface area (Å²) in [5, 5.41) is 8.33. The Kier molecular flexibility index (Phi) is 3.74. The van der Waals surface area contributed by atoms with Gasteiger partial charge in [0.25, 0.3) is 5.56 Å². The normalized spacial score (nSPS) is 11.0. The molecule has 0 saturated carbocycles. The molecule has 0 unspecified atom stereocenters. The van der Waals surface area contributed by atoms with E-state index in [1.54, 1.807) is 19.4 Å². The second kappa shape index (κ2) is 6.07. The fourth-order valence-electron chi connectivity index (χ4n) is 2.70. The molecule has 0 saturated heterocycles. The summed E-state index contributed by atoms with van der Waals surface area (Å²) in [6.45, 7) is 0. The molecule has 0 aliphatic carbocycles. The Labute approximate surface area is 148 Å². The molecule has 0 aliphatic heterocycles. The van der Waals surface area contributed by atoms with E-state index >= 15 is 0 Å². The molecule has 0 bridgehead atoms. The number of nitrogens with one attached hydrogen (secondary N) is 1. The van der Waals surface area contributed by atoms with Crippen LogP contribution in [0.3, 0.4) is 0 Å². The van der Waals surface area contributed by atoms with Crippen molar-refractivity contribution in [3.63, 3.8) is 0 Å². The van der Waals surface area contributed by atoms with Gasteiger partial charge in [0, 0.05) is 42.4 Å². The van der Waals surface area contributed by atoms with Gasteiger partial charge < -0.3 is 9.88 Å². The van der Waals surface area contributed by atoms with Crippen LogP contribution in [0, 0.1) is 0 Å². The zero-order valence-corrected chi connectivity index (χ0v) is 14.1. The predicted octanol–water partition coefficient (Wildman–Crippen LogP) is 3.52. The molecule has 124 valence electrons. The van der Waals surface area contributed by atoms with Crippen molar-refractivity contribution in [3.05, 3.63) is 76.6 Å². The maximum absolute atomic E-state index is 11.9. The summed E-state index contributed by atoms with van der Waals surface area (Å²) in [5.41, 5.74) is 3.10. The highest BCUT2D eigenvalue weighted by Gasteiger charge is 2.09. The quantitative estimate of drug-likeness (QED) is 0.613. The first-order valence-electron chi connectivity index (χ1n) is 7.64. The first kappa shape index (κ1) is 15.4. The van der Waals surface area contributed by atoms with Gasteiger partial charge in [0.15, 0.2) is 0 Å². The number of pyridine rings is 1. The van der Waals surface area contributed by atoms with Crippen LogP contribution in [0.2, 0.25) is 5.02 Å². The third kappa shape index (κ3) is 2.77. The molecule has 6 nitrogen and oxygen atoms in total. The average Bonchev–Trinajstić information content (AvgIpc) is 3.06. The van der Waals surface area contributed by atoms with Gasteiger partial charge in [-0.3, -0.25) is 9.78 Å². The van der Waals surface area contributed by atoms with Crippen molar-refractivity contribution in [2.75, 3.05) is 5.32 Å². The van der Waals surface area contributed by atoms with Crippen LogP contribution in [0.4, 0.5) is 11.4 Å². The lowest BCUT2D eigenvalue weighted by Gasteiger charge is -2.09. The Balaban J connectivity index is 1.71. The van der Waals surface area contributed by atoms with E-state index in [2.05, 4.69) is 20.0 Å². The summed E-state index contributed by atoms with van der Waals surface area (Å²) >= 11 is 6.10. The fraction of sp³-hybridized carbons (Fsp3) is 0.0556. The van der Waals surface area contributed by atoms with Gasteiger partial charge >= 0.3 is 0 Å². The van der Waals surface area contributed by atoms with Crippen molar-refractivity contribution >= 4 is 33.9 Å². The standard InChI is InChI=1S/C18H14ClN5O/c1-23-18(25)17(19)15(11-21-23)22-13-2-3-16-12(10-13)6-9-24(16)14-4-7-20-8-5-14/h2-11,22H,1H3. The van der Waals surface area contributed by atoms with Crippen LogP contribution in [0.25, 0.3) is 16.6 Å². The molecule has 3 heterocycles. The smallest absolute Gasteiger partial charge is 0.287 e. The van der Waals surface area contributed by atoms with Crippen molar-refractivity contribution in [2.24, 2.45) is 7.05 Å². The van der Waals surface area contributed by atoms with Crippen LogP contribution in [0.15, 0.2) is 66.0 Å². The molecule has 4 rings (SSSR count). The van der Waals surface area contributed by atoms with Crippen molar-refractivity contribution in [1.82, 2.24) is 19.3 Å². The van der Waals surface area contributed by atoms with Crippen molar-refractivity contribution in [3.8, 4) is 5.69 Å². The van der Waals surface area contributed by atoms with Gasteiger partial charge in [0.05, 0.1) is 17.4 Å². The zero-order chi connectivity index (χ0) is 17.4. The predicted molar refractivity (Wildman–Crippen MR) is 98.8 cm³/mol. The Morgan fingerprint density at radius 3 is 2.72 bits per heavy atom. The highest BCUT2D eigenvalue weighted by atomic mass is 35.5. The largest absolute Gasteiger partial charge is 0.353 e. The summed E-state index contributed by atoms with van der Waals surface area (Å²) < 4.78 is 3.29. The van der Waals surface area contributed by atoms with Crippen LogP contribution in [-0.4, -0.2) is 19.3 Å². The summed E-state index contributed by atoms with van der Waals surface area (Å²) in [6, 6.07) is 11.9. The number of hydrogen-bond donors (Lipinski definition) is 1. The van der Waals surface area contributed by atoms with Crippen LogP contribution in [0.1, 0.15) is 0 Å². The number of fused-ring (bicyclic) bond motifs is 1. The lowest BCUT2D eigenvalue weighted by molar-refractivity contribution is 0.709. The number of anilines is 2. The Morgan fingerprint density at radius 2 is 1.92 bits per heavy atom. The number of benzene rings is 1. The van der Waals surface area contributed by atoms with E-state index in [1.807, 2.05) is 42.6 Å². The van der Waals surface area contributed by atoms with E-state index in [9.17, 15) is 4.79 Å². The van der Waals surface area contributed by atoms with Gasteiger partial charge in [-0.05, 0) is 36.4 Å². The molecule has 1 aromatic carbocycles. The molecule has 7 heteroatoms. The van der Waals surface area contributed by atoms with E-state index in [-0.39, 0.29) is 10.6 Å². The van der Waals surface area contributed by atoms with Gasteiger partial charge in [-0.1, -0.05) is 11.6 Å². The third-order valence-electron chi connectivity index (χ3n) is 3.99. The van der Waals surface area contributed by atoms with Gasteiger partial charge in [-0.15, -0.1) is 0 Å². The monoisotopic (exact) mass is 351 g/mol. The molecule has 0 fully saturated rings. The first-order chi connectivity index (χ1) is 12.1. The molecule has 0 aliphatic rings. The number of aromatic nitrogens is 4. The maximum Gasteiger partial charge on any atom is 0.287 e. The van der Waals surface area contributed by atoms with Crippen molar-refractivity contribution in [1.29, 1.82) is 0 Å². The van der Waals surface area contributed by atoms with Crippen LogP contribution < -0.4 is 10.9 Å². The highest BCUT2D eigenvalue weighted by molar-refractivity contribution is 6.33. The molecule has 3 aromatic heterocycles. The van der Waals surface area contributed by atoms with Gasteiger partial charge in [0.2, 0.25) is 0 Å². The molecule has 4 aromatic rings. The number of nitrogens with zero attached hydrogens (tertiary/aromatic N) is 4. The van der Waals surface area contributed by atoms with Crippen LogP contribution >= 0.6 is 11.6 Å². The molecule has 0 amide bonds. The number of halogens is 1. The minimum absolute atomic E-state index is 0.118. The topological polar surface area (TPSA) is 64.7 Å². The van der Waals surface area contributed by atoms with Crippen molar-refractivity contribution < 1.29 is 0 Å². The summed E-state index contributed by atoms with van der Waals surface area (Å²) in [5.74, 6) is 0. The van der Waals surface area contributed by atoms with E-state index in [1.165, 1.54) is 10.9 Å². The number of rotatable bonds is 3. The molecular formula is C18H14ClN5O. The molecule has 0 spiro atoms. The van der Waals surface area contributed by atoms with Crippen molar-refractivity contribution in [2.45, 2.75) is 0 Å². The fourth-order valence-corrected chi connectivity index (χ4v) is 2.92. The van der Waals surface area contributed by atoms with Crippen LogP contribution in [0.5, 0.6) is 0 Å². The summed E-state index contributed by atoms with van der Waals surface area (Å²) in [6.07, 6.45) is 7.08. The molecule has 25 heavy (non-hydrogen) atoms. The molecule has 0 radical (unpaired) electrons. The number of aryl methyl sites for hydroxylation is 1. The minimum Gasteiger partial charge on any atom is -0.353 e. The minimum atomic E-state index is -0.336. The van der Waals surface area contributed by atoms with E-state index in [4.69, 9.17) is 11.6 Å². The van der Waals surface area contributed by atoms with Crippen LogP contribution in [-0.2, 0) is 7.05 Å². The number of hydrogen-bond acceptors (Lipinski definition) is 4. The highest BCUT2D eigenvalue weighted by Crippen LogP contribution is 2.26. The van der Waals surface area contributed by atoms with Gasteiger partial charge in [-0.2, -0.15) is 5.10 Å². The van der Waals surface area contributed by atoms with E-state index in [0.29, 0.717) is 5.69 Å². The Bertz CT molecular complexity index is 1120. The van der Waals surface area contributed by atoms with Gasteiger partial charge in [0.1, 0.15) is 5.02 Å². The van der Waals surface area contributed by atoms with Gasteiger partial charge in [-0.25, -0.2) is 4.68 Å². The molecule has 0 atom stereocenters. The first-order valence-corrected chi connectivity index (χ1v) is 8.01. The lowest BCUT2D eigenvalue weighted by atomic mass is 10.2. The lowest BCUT2D eigenvalue weighted by Crippen LogP contribution is -2.20. The Hall–Kier alpha value is -3.12. The molecule has 1 N–H and O–H groups in total. The van der Waals surface area contributed by atoms with E-state index < -0.39 is 0 Å². The third-order valence-corrected chi connectivity index (χ3v) is 4.35. The SMILES string of the molecule is Cn1ncc(Nc2ccc3c(ccn3-c3ccncc3)c2)c(Cl)c1=O. The van der Waals surface area contributed by atoms with E-state index in [0.717, 1.165) is 22.3 Å².